The van der Waals surface area contributed by atoms with Gasteiger partial charge in [0, 0.05) is 19.1 Å². The van der Waals surface area contributed by atoms with Crippen molar-refractivity contribution < 1.29 is 14.7 Å². The van der Waals surface area contributed by atoms with Crippen LogP contribution in [0.15, 0.2) is 0 Å². The van der Waals surface area contributed by atoms with Gasteiger partial charge in [-0.1, -0.05) is 0 Å². The molecular weight excluding hydrogens is 210 g/mol. The van der Waals surface area contributed by atoms with E-state index in [1.165, 1.54) is 4.90 Å². The SMILES string of the molecule is CC(C)NC(=O)N(CCN(C)C)CC(=O)O. The summed E-state index contributed by atoms with van der Waals surface area (Å²) in [7, 11) is 3.75. The minimum Gasteiger partial charge on any atom is -0.480 e. The fourth-order valence-electron chi connectivity index (χ4n) is 1.07. The van der Waals surface area contributed by atoms with E-state index in [1.54, 1.807) is 0 Å². The van der Waals surface area contributed by atoms with E-state index in [1.807, 2.05) is 32.8 Å². The second kappa shape index (κ2) is 7.05. The molecule has 0 aromatic rings. The Bertz CT molecular complexity index is 241. The van der Waals surface area contributed by atoms with Gasteiger partial charge >= 0.3 is 12.0 Å². The number of nitrogens with one attached hydrogen (secondary N) is 1. The summed E-state index contributed by atoms with van der Waals surface area (Å²) in [4.78, 5) is 25.4. The number of carbonyl (C=O) groups is 2. The zero-order valence-corrected chi connectivity index (χ0v) is 10.4. The van der Waals surface area contributed by atoms with Crippen molar-refractivity contribution in [2.75, 3.05) is 33.7 Å². The van der Waals surface area contributed by atoms with E-state index in [0.29, 0.717) is 13.1 Å². The number of carboxylic acid groups (broad SMARTS) is 1. The van der Waals surface area contributed by atoms with Crippen LogP contribution in [0.2, 0.25) is 0 Å². The van der Waals surface area contributed by atoms with Crippen molar-refractivity contribution in [3.63, 3.8) is 0 Å². The lowest BCUT2D eigenvalue weighted by Crippen LogP contribution is -2.47. The molecule has 2 N–H and O–H groups in total. The van der Waals surface area contributed by atoms with Crippen LogP contribution >= 0.6 is 0 Å². The highest BCUT2D eigenvalue weighted by atomic mass is 16.4. The second-order valence-corrected chi connectivity index (χ2v) is 4.22. The van der Waals surface area contributed by atoms with Gasteiger partial charge in [0.2, 0.25) is 0 Å². The van der Waals surface area contributed by atoms with Crippen LogP contribution in [0.1, 0.15) is 13.8 Å². The smallest absolute Gasteiger partial charge is 0.323 e. The van der Waals surface area contributed by atoms with Crippen molar-refractivity contribution in [1.29, 1.82) is 0 Å². The Morgan fingerprint density at radius 3 is 2.19 bits per heavy atom. The number of urea groups is 1. The number of carbonyl (C=O) groups excluding carboxylic acids is 1. The number of carboxylic acids is 1. The molecule has 0 unspecified atom stereocenters. The first-order valence-corrected chi connectivity index (χ1v) is 5.25. The molecule has 0 aromatic carbocycles. The molecule has 2 amide bonds. The lowest BCUT2D eigenvalue weighted by Gasteiger charge is -2.24. The summed E-state index contributed by atoms with van der Waals surface area (Å²) in [5.74, 6) is -1.00. The normalized spacial score (nSPS) is 10.6. The van der Waals surface area contributed by atoms with Crippen LogP contribution < -0.4 is 5.32 Å². The van der Waals surface area contributed by atoms with Crippen molar-refractivity contribution in [2.45, 2.75) is 19.9 Å². The maximum atomic E-state index is 11.6. The summed E-state index contributed by atoms with van der Waals surface area (Å²) < 4.78 is 0. The first-order valence-electron chi connectivity index (χ1n) is 5.25. The molecule has 0 aliphatic rings. The number of likely N-dealkylation sites (N-methyl/N-ethyl adjacent to an activating group) is 1. The highest BCUT2D eigenvalue weighted by Gasteiger charge is 2.16. The first-order chi connectivity index (χ1) is 7.32. The summed E-state index contributed by atoms with van der Waals surface area (Å²) in [6.45, 7) is 4.44. The number of aliphatic carboxylic acids is 1. The van der Waals surface area contributed by atoms with Gasteiger partial charge in [-0.2, -0.15) is 0 Å². The zero-order valence-electron chi connectivity index (χ0n) is 10.4. The first kappa shape index (κ1) is 14.7. The topological polar surface area (TPSA) is 72.9 Å². The van der Waals surface area contributed by atoms with E-state index in [9.17, 15) is 9.59 Å². The second-order valence-electron chi connectivity index (χ2n) is 4.22. The zero-order chi connectivity index (χ0) is 12.7. The predicted molar refractivity (Wildman–Crippen MR) is 61.4 cm³/mol. The fraction of sp³-hybridized carbons (Fsp3) is 0.800. The van der Waals surface area contributed by atoms with E-state index in [2.05, 4.69) is 5.32 Å². The van der Waals surface area contributed by atoms with Crippen LogP contribution in [-0.4, -0.2) is 66.7 Å². The Balaban J connectivity index is 4.29. The molecule has 16 heavy (non-hydrogen) atoms. The minimum atomic E-state index is -1.00. The molecule has 94 valence electrons. The number of hydrogen-bond donors (Lipinski definition) is 2. The number of amides is 2. The summed E-state index contributed by atoms with van der Waals surface area (Å²) in [5.41, 5.74) is 0. The van der Waals surface area contributed by atoms with Gasteiger partial charge in [-0.25, -0.2) is 4.79 Å². The van der Waals surface area contributed by atoms with Gasteiger partial charge in [0.1, 0.15) is 6.54 Å². The lowest BCUT2D eigenvalue weighted by molar-refractivity contribution is -0.137. The highest BCUT2D eigenvalue weighted by molar-refractivity contribution is 5.80. The molecule has 0 bridgehead atoms. The lowest BCUT2D eigenvalue weighted by atomic mass is 10.4. The van der Waals surface area contributed by atoms with Gasteiger partial charge in [0.25, 0.3) is 0 Å². The molecule has 0 aromatic heterocycles. The molecule has 0 saturated carbocycles. The van der Waals surface area contributed by atoms with Crippen molar-refractivity contribution in [2.24, 2.45) is 0 Å². The molecule has 6 nitrogen and oxygen atoms in total. The molecule has 0 heterocycles. The molecule has 0 aliphatic carbocycles. The van der Waals surface area contributed by atoms with Crippen molar-refractivity contribution in [3.05, 3.63) is 0 Å². The summed E-state index contributed by atoms with van der Waals surface area (Å²) in [6.07, 6.45) is 0. The van der Waals surface area contributed by atoms with E-state index in [0.717, 1.165) is 0 Å². The van der Waals surface area contributed by atoms with Gasteiger partial charge in [-0.15, -0.1) is 0 Å². The highest BCUT2D eigenvalue weighted by Crippen LogP contribution is 1.92. The Morgan fingerprint density at radius 2 is 1.81 bits per heavy atom. The van der Waals surface area contributed by atoms with Crippen LogP contribution in [0.25, 0.3) is 0 Å². The maximum absolute atomic E-state index is 11.6. The number of hydrogen-bond acceptors (Lipinski definition) is 3. The van der Waals surface area contributed by atoms with Crippen molar-refractivity contribution >= 4 is 12.0 Å². The Morgan fingerprint density at radius 1 is 1.25 bits per heavy atom. The molecule has 0 aliphatic heterocycles. The molecule has 0 spiro atoms. The molecule has 0 fully saturated rings. The molecular formula is C10H21N3O3. The summed E-state index contributed by atoms with van der Waals surface area (Å²) >= 11 is 0. The van der Waals surface area contributed by atoms with Crippen LogP contribution in [-0.2, 0) is 4.79 Å². The Hall–Kier alpha value is -1.30. The van der Waals surface area contributed by atoms with Gasteiger partial charge in [-0.05, 0) is 27.9 Å². The average molecular weight is 231 g/mol. The number of rotatable bonds is 6. The third kappa shape index (κ3) is 7.05. The number of nitrogens with zero attached hydrogens (tertiary/aromatic N) is 2. The quantitative estimate of drug-likeness (QED) is 0.677. The van der Waals surface area contributed by atoms with E-state index in [-0.39, 0.29) is 18.6 Å². The fourth-order valence-corrected chi connectivity index (χ4v) is 1.07. The molecule has 0 saturated heterocycles. The molecule has 0 atom stereocenters. The maximum Gasteiger partial charge on any atom is 0.323 e. The minimum absolute atomic E-state index is 0.00292. The van der Waals surface area contributed by atoms with Crippen molar-refractivity contribution in [1.82, 2.24) is 15.1 Å². The van der Waals surface area contributed by atoms with Gasteiger partial charge in [0.05, 0.1) is 0 Å². The predicted octanol–water partition coefficient (Wildman–Crippen LogP) is 0.0526. The Kier molecular flexibility index (Phi) is 6.48. The molecule has 0 radical (unpaired) electrons. The van der Waals surface area contributed by atoms with Gasteiger partial charge in [-0.3, -0.25) is 4.79 Å². The molecule has 0 rings (SSSR count). The monoisotopic (exact) mass is 231 g/mol. The van der Waals surface area contributed by atoms with E-state index < -0.39 is 5.97 Å². The summed E-state index contributed by atoms with van der Waals surface area (Å²) in [6, 6.07) is -0.331. The van der Waals surface area contributed by atoms with Crippen LogP contribution in [0.5, 0.6) is 0 Å². The van der Waals surface area contributed by atoms with Crippen LogP contribution in [0.3, 0.4) is 0 Å². The molecule has 6 heteroatoms. The van der Waals surface area contributed by atoms with E-state index in [4.69, 9.17) is 5.11 Å². The third-order valence-corrected chi connectivity index (χ3v) is 1.84. The van der Waals surface area contributed by atoms with Crippen molar-refractivity contribution in [3.8, 4) is 0 Å². The standard InChI is InChI=1S/C10H21N3O3/c1-8(2)11-10(16)13(7-9(14)15)6-5-12(3)4/h8H,5-7H2,1-4H3,(H,11,16)(H,14,15). The van der Waals surface area contributed by atoms with Gasteiger partial charge < -0.3 is 20.2 Å². The Labute approximate surface area is 96.2 Å². The van der Waals surface area contributed by atoms with Gasteiger partial charge in [0.15, 0.2) is 0 Å². The van der Waals surface area contributed by atoms with Crippen LogP contribution in [0, 0.1) is 0 Å². The third-order valence-electron chi connectivity index (χ3n) is 1.84. The van der Waals surface area contributed by atoms with Crippen LogP contribution in [0.4, 0.5) is 4.79 Å². The average Bonchev–Trinajstić information content (AvgIpc) is 2.09. The largest absolute Gasteiger partial charge is 0.480 e. The van der Waals surface area contributed by atoms with E-state index >= 15 is 0 Å². The summed E-state index contributed by atoms with van der Waals surface area (Å²) in [5, 5.41) is 11.4.